The third-order valence-electron chi connectivity index (χ3n) is 2.67. The maximum absolute atomic E-state index is 5.55. The van der Waals surface area contributed by atoms with Crippen molar-refractivity contribution >= 4 is 0 Å². The van der Waals surface area contributed by atoms with E-state index in [0.717, 1.165) is 45.4 Å². The van der Waals surface area contributed by atoms with Crippen molar-refractivity contribution < 1.29 is 9.47 Å². The van der Waals surface area contributed by atoms with E-state index in [1.165, 1.54) is 0 Å². The predicted octanol–water partition coefficient (Wildman–Crippen LogP) is 0.921. The Hall–Kier alpha value is -0.120. The quantitative estimate of drug-likeness (QED) is 0.687. The molecule has 0 spiro atoms. The van der Waals surface area contributed by atoms with Crippen LogP contribution in [0.25, 0.3) is 0 Å². The summed E-state index contributed by atoms with van der Waals surface area (Å²) in [6.45, 7) is 2.42. The molecule has 0 aliphatic carbocycles. The van der Waals surface area contributed by atoms with E-state index in [4.69, 9.17) is 15.2 Å². The second-order valence-electron chi connectivity index (χ2n) is 3.39. The molecule has 2 N–H and O–H groups in total. The molecule has 0 aromatic rings. The second-order valence-corrected chi connectivity index (χ2v) is 3.39. The molecule has 1 aliphatic rings. The summed E-state index contributed by atoms with van der Waals surface area (Å²) in [5, 5.41) is 0. The van der Waals surface area contributed by atoms with E-state index in [-0.39, 0.29) is 5.60 Å². The van der Waals surface area contributed by atoms with Crippen molar-refractivity contribution in [3.05, 3.63) is 0 Å². The largest absolute Gasteiger partial charge is 0.381 e. The zero-order valence-electron chi connectivity index (χ0n) is 7.84. The van der Waals surface area contributed by atoms with Crippen molar-refractivity contribution in [2.45, 2.75) is 31.3 Å². The van der Waals surface area contributed by atoms with Crippen LogP contribution in [0.4, 0.5) is 0 Å². The van der Waals surface area contributed by atoms with Gasteiger partial charge < -0.3 is 15.2 Å². The van der Waals surface area contributed by atoms with Gasteiger partial charge >= 0.3 is 0 Å². The van der Waals surface area contributed by atoms with Crippen LogP contribution in [-0.2, 0) is 9.47 Å². The smallest absolute Gasteiger partial charge is 0.0723 e. The molecule has 3 nitrogen and oxygen atoms in total. The Kier molecular flexibility index (Phi) is 3.98. The highest BCUT2D eigenvalue weighted by Crippen LogP contribution is 2.28. The van der Waals surface area contributed by atoms with Crippen LogP contribution < -0.4 is 5.73 Å². The molecule has 0 aromatic heterocycles. The van der Waals surface area contributed by atoms with Crippen molar-refractivity contribution in [1.82, 2.24) is 0 Å². The maximum Gasteiger partial charge on any atom is 0.0723 e. The van der Waals surface area contributed by atoms with E-state index in [9.17, 15) is 0 Å². The first kappa shape index (κ1) is 9.96. The van der Waals surface area contributed by atoms with Gasteiger partial charge in [-0.2, -0.15) is 0 Å². The fraction of sp³-hybridized carbons (Fsp3) is 1.00. The van der Waals surface area contributed by atoms with Crippen LogP contribution in [0.5, 0.6) is 0 Å². The highest BCUT2D eigenvalue weighted by Gasteiger charge is 2.31. The standard InChI is InChI=1S/C9H19NO2/c1-11-9(3-2-6-10)4-7-12-8-5-9/h2-8,10H2,1H3. The minimum atomic E-state index is 0.0671. The van der Waals surface area contributed by atoms with Crippen molar-refractivity contribution in [2.75, 3.05) is 26.9 Å². The third kappa shape index (κ3) is 2.44. The number of hydrogen-bond acceptors (Lipinski definition) is 3. The highest BCUT2D eigenvalue weighted by atomic mass is 16.5. The first-order chi connectivity index (χ1) is 5.83. The molecule has 1 saturated heterocycles. The molecule has 0 unspecified atom stereocenters. The van der Waals surface area contributed by atoms with Crippen molar-refractivity contribution in [2.24, 2.45) is 5.73 Å². The lowest BCUT2D eigenvalue weighted by Gasteiger charge is -2.35. The molecular formula is C9H19NO2. The number of ether oxygens (including phenoxy) is 2. The lowest BCUT2D eigenvalue weighted by atomic mass is 9.89. The highest BCUT2D eigenvalue weighted by molar-refractivity contribution is 4.82. The summed E-state index contributed by atoms with van der Waals surface area (Å²) in [6, 6.07) is 0. The molecule has 0 atom stereocenters. The summed E-state index contributed by atoms with van der Waals surface area (Å²) in [5.41, 5.74) is 5.54. The normalized spacial score (nSPS) is 22.5. The summed E-state index contributed by atoms with van der Waals surface area (Å²) in [7, 11) is 1.79. The number of nitrogens with two attached hydrogens (primary N) is 1. The maximum atomic E-state index is 5.55. The van der Waals surface area contributed by atoms with Gasteiger partial charge in [-0.1, -0.05) is 0 Å². The molecule has 0 amide bonds. The Bertz CT molecular complexity index is 122. The average Bonchev–Trinajstić information content (AvgIpc) is 2.16. The van der Waals surface area contributed by atoms with Crippen LogP contribution in [0.15, 0.2) is 0 Å². The summed E-state index contributed by atoms with van der Waals surface area (Å²) < 4.78 is 10.8. The topological polar surface area (TPSA) is 44.5 Å². The van der Waals surface area contributed by atoms with Gasteiger partial charge in [-0.25, -0.2) is 0 Å². The van der Waals surface area contributed by atoms with E-state index in [0.29, 0.717) is 0 Å². The van der Waals surface area contributed by atoms with Crippen LogP contribution in [0, 0.1) is 0 Å². The molecule has 1 heterocycles. The molecule has 0 radical (unpaired) electrons. The van der Waals surface area contributed by atoms with E-state index in [1.807, 2.05) is 0 Å². The molecule has 0 saturated carbocycles. The molecule has 72 valence electrons. The minimum Gasteiger partial charge on any atom is -0.381 e. The lowest BCUT2D eigenvalue weighted by molar-refractivity contribution is -0.0944. The van der Waals surface area contributed by atoms with Crippen LogP contribution in [0.3, 0.4) is 0 Å². The first-order valence-electron chi connectivity index (χ1n) is 4.66. The van der Waals surface area contributed by atoms with Crippen LogP contribution >= 0.6 is 0 Å². The Balaban J connectivity index is 2.37. The summed E-state index contributed by atoms with van der Waals surface area (Å²) in [5.74, 6) is 0. The molecule has 0 bridgehead atoms. The molecule has 1 fully saturated rings. The first-order valence-corrected chi connectivity index (χ1v) is 4.66. The average molecular weight is 173 g/mol. The monoisotopic (exact) mass is 173 g/mol. The van der Waals surface area contributed by atoms with Gasteiger partial charge in [0.25, 0.3) is 0 Å². The molecule has 0 aromatic carbocycles. The van der Waals surface area contributed by atoms with E-state index < -0.39 is 0 Å². The molecule has 12 heavy (non-hydrogen) atoms. The Morgan fingerprint density at radius 3 is 2.58 bits per heavy atom. The summed E-state index contributed by atoms with van der Waals surface area (Å²) >= 11 is 0. The van der Waals surface area contributed by atoms with E-state index in [2.05, 4.69) is 0 Å². The molecule has 1 rings (SSSR count). The SMILES string of the molecule is COC1(CCCN)CCOCC1. The summed E-state index contributed by atoms with van der Waals surface area (Å²) in [6.07, 6.45) is 4.16. The summed E-state index contributed by atoms with van der Waals surface area (Å²) in [4.78, 5) is 0. The number of methoxy groups -OCH3 is 1. The zero-order chi connectivity index (χ0) is 8.86. The minimum absolute atomic E-state index is 0.0671. The number of hydrogen-bond donors (Lipinski definition) is 1. The van der Waals surface area contributed by atoms with Crippen LogP contribution in [0.1, 0.15) is 25.7 Å². The van der Waals surface area contributed by atoms with Gasteiger partial charge in [-0.3, -0.25) is 0 Å². The molecule has 1 aliphatic heterocycles. The zero-order valence-corrected chi connectivity index (χ0v) is 7.84. The molecular weight excluding hydrogens is 154 g/mol. The third-order valence-corrected chi connectivity index (χ3v) is 2.67. The van der Waals surface area contributed by atoms with Gasteiger partial charge in [0.2, 0.25) is 0 Å². The van der Waals surface area contributed by atoms with Crippen molar-refractivity contribution in [3.8, 4) is 0 Å². The Morgan fingerprint density at radius 2 is 2.08 bits per heavy atom. The second kappa shape index (κ2) is 4.80. The predicted molar refractivity (Wildman–Crippen MR) is 48.1 cm³/mol. The fourth-order valence-corrected chi connectivity index (χ4v) is 1.72. The van der Waals surface area contributed by atoms with Crippen molar-refractivity contribution in [3.63, 3.8) is 0 Å². The van der Waals surface area contributed by atoms with Crippen LogP contribution in [0.2, 0.25) is 0 Å². The van der Waals surface area contributed by atoms with Gasteiger partial charge in [0.15, 0.2) is 0 Å². The van der Waals surface area contributed by atoms with Gasteiger partial charge in [-0.05, 0) is 32.2 Å². The fourth-order valence-electron chi connectivity index (χ4n) is 1.72. The lowest BCUT2D eigenvalue weighted by Crippen LogP contribution is -2.38. The van der Waals surface area contributed by atoms with E-state index >= 15 is 0 Å². The Morgan fingerprint density at radius 1 is 1.42 bits per heavy atom. The van der Waals surface area contributed by atoms with E-state index in [1.54, 1.807) is 7.11 Å². The molecule has 3 heteroatoms. The number of rotatable bonds is 4. The van der Waals surface area contributed by atoms with Crippen LogP contribution in [-0.4, -0.2) is 32.5 Å². The van der Waals surface area contributed by atoms with Gasteiger partial charge in [0.1, 0.15) is 0 Å². The van der Waals surface area contributed by atoms with Gasteiger partial charge in [0, 0.05) is 20.3 Å². The Labute approximate surface area is 74.2 Å². The van der Waals surface area contributed by atoms with Gasteiger partial charge in [0.05, 0.1) is 5.60 Å². The van der Waals surface area contributed by atoms with Gasteiger partial charge in [-0.15, -0.1) is 0 Å². The van der Waals surface area contributed by atoms with Crippen molar-refractivity contribution in [1.29, 1.82) is 0 Å².